The number of ether oxygens (including phenoxy) is 2. The van der Waals surface area contributed by atoms with E-state index in [0.717, 1.165) is 84.4 Å². The summed E-state index contributed by atoms with van der Waals surface area (Å²) in [5.74, 6) is -0.458. The van der Waals surface area contributed by atoms with Gasteiger partial charge >= 0.3 is 0 Å². The number of benzene rings is 9. The van der Waals surface area contributed by atoms with Crippen molar-refractivity contribution >= 4 is 34.1 Å². The van der Waals surface area contributed by atoms with Gasteiger partial charge in [-0.1, -0.05) is 133 Å². The summed E-state index contributed by atoms with van der Waals surface area (Å²) in [4.78, 5) is 4.54. The van der Waals surface area contributed by atoms with Crippen LogP contribution in [0.15, 0.2) is 218 Å². The Morgan fingerprint density at radius 1 is 0.338 bits per heavy atom. The minimum Gasteiger partial charge on any atom is -0.497 e. The van der Waals surface area contributed by atoms with Gasteiger partial charge in [0.25, 0.3) is 5.97 Å². The molecular weight excluding hydrogens is 799 g/mol. The van der Waals surface area contributed by atoms with E-state index in [0.29, 0.717) is 5.75 Å². The van der Waals surface area contributed by atoms with E-state index in [1.54, 1.807) is 7.11 Å². The molecule has 65 heavy (non-hydrogen) atoms. The van der Waals surface area contributed by atoms with E-state index in [9.17, 15) is 0 Å². The first-order valence-corrected chi connectivity index (χ1v) is 21.6. The van der Waals surface area contributed by atoms with Crippen molar-refractivity contribution in [1.29, 1.82) is 0 Å². The Morgan fingerprint density at radius 2 is 0.615 bits per heavy atom. The van der Waals surface area contributed by atoms with Crippen LogP contribution in [0.2, 0.25) is 0 Å². The number of hydrogen-bond acceptors (Lipinski definition) is 7. The van der Waals surface area contributed by atoms with Crippen LogP contribution in [0.4, 0.5) is 34.1 Å². The first-order valence-electron chi connectivity index (χ1n) is 21.6. The molecule has 0 heterocycles. The number of nitrogens with two attached hydrogens (primary N) is 3. The van der Waals surface area contributed by atoms with E-state index < -0.39 is 5.97 Å². The van der Waals surface area contributed by atoms with Crippen LogP contribution in [0.5, 0.6) is 11.5 Å². The van der Waals surface area contributed by atoms with Crippen LogP contribution in [0, 0.1) is 13.8 Å². The van der Waals surface area contributed by atoms with Crippen LogP contribution in [-0.4, -0.2) is 13.1 Å². The van der Waals surface area contributed by atoms with Crippen molar-refractivity contribution in [3.05, 3.63) is 230 Å². The molecule has 7 heteroatoms. The molecule has 320 valence electrons. The smallest absolute Gasteiger partial charge is 0.271 e. The summed E-state index contributed by atoms with van der Waals surface area (Å²) in [6.45, 7) is 4.16. The number of hydrogen-bond donors (Lipinski definition) is 3. The average molecular weight is 850 g/mol. The van der Waals surface area contributed by atoms with Crippen molar-refractivity contribution in [1.82, 2.24) is 0 Å². The monoisotopic (exact) mass is 849 g/mol. The second kappa shape index (κ2) is 18.4. The summed E-state index contributed by atoms with van der Waals surface area (Å²) in [5, 5.41) is 0. The Bertz CT molecular complexity index is 3000. The maximum Gasteiger partial charge on any atom is 0.271 e. The Kier molecular flexibility index (Phi) is 12.0. The molecule has 9 aromatic carbocycles. The molecular formula is C58H51N5O2. The minimum absolute atomic E-state index is 0.489. The SMILES string of the molecule is COc1ccc(N(c2ccc(-c3ccccc3)cc2)c2ccc(-c3ccc(-c4ccc(N(c5ccc(-c6ccccc6)cc5)c5ccc(OC(N)(N)N)cc5C)cc4)cc3)cc2)c(C)c1. The summed E-state index contributed by atoms with van der Waals surface area (Å²) in [6, 6.07) is 76.4. The highest BCUT2D eigenvalue weighted by molar-refractivity contribution is 5.84. The molecule has 0 saturated carbocycles. The van der Waals surface area contributed by atoms with Gasteiger partial charge in [0.15, 0.2) is 0 Å². The zero-order chi connectivity index (χ0) is 44.9. The Morgan fingerprint density at radius 3 is 0.908 bits per heavy atom. The lowest BCUT2D eigenvalue weighted by Gasteiger charge is -2.28. The molecule has 0 radical (unpaired) electrons. The van der Waals surface area contributed by atoms with Gasteiger partial charge in [0.1, 0.15) is 11.5 Å². The molecule has 0 aliphatic rings. The topological polar surface area (TPSA) is 103 Å². The van der Waals surface area contributed by atoms with Gasteiger partial charge in [-0.15, -0.1) is 0 Å². The molecule has 0 fully saturated rings. The molecule has 0 aliphatic heterocycles. The van der Waals surface area contributed by atoms with Crippen LogP contribution in [0.3, 0.4) is 0 Å². The van der Waals surface area contributed by atoms with Crippen molar-refractivity contribution in [2.45, 2.75) is 19.8 Å². The fourth-order valence-corrected chi connectivity index (χ4v) is 8.33. The van der Waals surface area contributed by atoms with Crippen LogP contribution >= 0.6 is 0 Å². The van der Waals surface area contributed by atoms with Crippen molar-refractivity contribution < 1.29 is 9.47 Å². The number of nitrogens with zero attached hydrogens (tertiary/aromatic N) is 2. The molecule has 0 spiro atoms. The Balaban J connectivity index is 0.978. The Labute approximate surface area is 381 Å². The summed E-state index contributed by atoms with van der Waals surface area (Å²) in [5.41, 5.74) is 34.8. The van der Waals surface area contributed by atoms with E-state index in [1.807, 2.05) is 43.3 Å². The second-order valence-corrected chi connectivity index (χ2v) is 16.2. The van der Waals surface area contributed by atoms with E-state index in [-0.39, 0.29) is 0 Å². The molecule has 9 rings (SSSR count). The van der Waals surface area contributed by atoms with Gasteiger partial charge < -0.3 is 19.3 Å². The number of aryl methyl sites for hydroxylation is 2. The lowest BCUT2D eigenvalue weighted by atomic mass is 9.99. The number of methoxy groups -OCH3 is 1. The van der Waals surface area contributed by atoms with Crippen LogP contribution < -0.4 is 36.5 Å². The van der Waals surface area contributed by atoms with E-state index in [4.69, 9.17) is 26.7 Å². The predicted molar refractivity (Wildman–Crippen MR) is 269 cm³/mol. The molecule has 0 amide bonds. The highest BCUT2D eigenvalue weighted by atomic mass is 16.5. The maximum atomic E-state index is 5.76. The lowest BCUT2D eigenvalue weighted by molar-refractivity contribution is 0.0901. The average Bonchev–Trinajstić information content (AvgIpc) is 3.34. The standard InChI is InChI=1S/C58H51N5O2/c1-40-38-54(64-3)34-36-56(40)62(50-26-18-46(19-27-50)42-10-6-4-7-11-42)52-30-22-48(23-31-52)44-14-16-45(17-15-44)49-24-32-53(33-25-49)63(57-37-35-55(39-41(57)2)65-58(59,60)61)51-28-20-47(21-29-51)43-12-8-5-9-13-43/h4-39H,59-61H2,1-3H3. The fourth-order valence-electron chi connectivity index (χ4n) is 8.33. The molecule has 0 aromatic heterocycles. The lowest BCUT2D eigenvalue weighted by Crippen LogP contribution is -2.62. The third-order valence-electron chi connectivity index (χ3n) is 11.6. The fraction of sp³-hybridized carbons (Fsp3) is 0.0690. The molecule has 0 saturated heterocycles. The van der Waals surface area contributed by atoms with Gasteiger partial charge in [-0.05, 0) is 154 Å². The minimum atomic E-state index is -1.78. The molecule has 0 unspecified atom stereocenters. The third-order valence-corrected chi connectivity index (χ3v) is 11.6. The van der Waals surface area contributed by atoms with Crippen molar-refractivity contribution in [2.24, 2.45) is 17.2 Å². The van der Waals surface area contributed by atoms with Crippen molar-refractivity contribution in [3.8, 4) is 56.0 Å². The summed E-state index contributed by atoms with van der Waals surface area (Å²) < 4.78 is 11.1. The zero-order valence-corrected chi connectivity index (χ0v) is 36.7. The van der Waals surface area contributed by atoms with Gasteiger partial charge in [-0.3, -0.25) is 17.2 Å². The molecule has 7 nitrogen and oxygen atoms in total. The first-order chi connectivity index (χ1) is 31.6. The summed E-state index contributed by atoms with van der Waals surface area (Å²) >= 11 is 0. The zero-order valence-electron chi connectivity index (χ0n) is 36.7. The van der Waals surface area contributed by atoms with Gasteiger partial charge in [0.05, 0.1) is 7.11 Å². The molecule has 9 aromatic rings. The summed E-state index contributed by atoms with van der Waals surface area (Å²) in [7, 11) is 1.70. The van der Waals surface area contributed by atoms with Gasteiger partial charge in [0, 0.05) is 34.1 Å². The van der Waals surface area contributed by atoms with Crippen LogP contribution in [-0.2, 0) is 0 Å². The highest BCUT2D eigenvalue weighted by Crippen LogP contribution is 2.41. The quantitative estimate of drug-likeness (QED) is 0.0993. The van der Waals surface area contributed by atoms with E-state index in [1.165, 1.54) is 11.1 Å². The van der Waals surface area contributed by atoms with E-state index >= 15 is 0 Å². The third kappa shape index (κ3) is 9.54. The van der Waals surface area contributed by atoms with Crippen LogP contribution in [0.25, 0.3) is 44.5 Å². The van der Waals surface area contributed by atoms with Gasteiger partial charge in [-0.25, -0.2) is 0 Å². The van der Waals surface area contributed by atoms with Gasteiger partial charge in [-0.2, -0.15) is 0 Å². The molecule has 0 aliphatic carbocycles. The number of anilines is 6. The maximum absolute atomic E-state index is 5.76. The van der Waals surface area contributed by atoms with Gasteiger partial charge in [0.2, 0.25) is 0 Å². The molecule has 6 N–H and O–H groups in total. The first kappa shape index (κ1) is 42.4. The van der Waals surface area contributed by atoms with E-state index in [2.05, 4.69) is 199 Å². The Hall–Kier alpha value is -7.94. The summed E-state index contributed by atoms with van der Waals surface area (Å²) in [6.07, 6.45) is 0. The normalized spacial score (nSPS) is 11.2. The molecule has 0 atom stereocenters. The number of rotatable bonds is 13. The highest BCUT2D eigenvalue weighted by Gasteiger charge is 2.20. The van der Waals surface area contributed by atoms with Crippen molar-refractivity contribution in [3.63, 3.8) is 0 Å². The van der Waals surface area contributed by atoms with Crippen molar-refractivity contribution in [2.75, 3.05) is 16.9 Å². The predicted octanol–water partition coefficient (Wildman–Crippen LogP) is 13.8. The molecule has 0 bridgehead atoms. The van der Waals surface area contributed by atoms with Crippen LogP contribution in [0.1, 0.15) is 11.1 Å². The second-order valence-electron chi connectivity index (χ2n) is 16.2. The largest absolute Gasteiger partial charge is 0.497 e.